The highest BCUT2D eigenvalue weighted by molar-refractivity contribution is 5.41. The summed E-state index contributed by atoms with van der Waals surface area (Å²) >= 11 is 0. The monoisotopic (exact) mass is 253 g/mol. The zero-order chi connectivity index (χ0) is 13.5. The lowest BCUT2D eigenvalue weighted by atomic mass is 10.1. The average Bonchev–Trinajstić information content (AvgIpc) is 2.86. The third-order valence-electron chi connectivity index (χ3n) is 2.96. The van der Waals surface area contributed by atoms with Crippen LogP contribution in [0.15, 0.2) is 36.7 Å². The molecule has 0 amide bonds. The molecule has 0 saturated heterocycles. The van der Waals surface area contributed by atoms with Crippen molar-refractivity contribution in [2.24, 2.45) is 5.73 Å². The first-order chi connectivity index (χ1) is 9.35. The van der Waals surface area contributed by atoms with Crippen molar-refractivity contribution >= 4 is 0 Å². The van der Waals surface area contributed by atoms with Crippen LogP contribution >= 0.6 is 0 Å². The fourth-order valence-electron chi connectivity index (χ4n) is 2.05. The van der Waals surface area contributed by atoms with Gasteiger partial charge in [0.15, 0.2) is 0 Å². The smallest absolute Gasteiger partial charge is 0.108 e. The minimum atomic E-state index is 0.389. The van der Waals surface area contributed by atoms with Crippen molar-refractivity contribution < 1.29 is 0 Å². The molecule has 1 heterocycles. The predicted molar refractivity (Wildman–Crippen MR) is 77.7 cm³/mol. The molecule has 0 aliphatic heterocycles. The Morgan fingerprint density at radius 3 is 2.95 bits per heavy atom. The molecular formula is C16H19N3. The first kappa shape index (κ1) is 13.4. The molecule has 3 nitrogen and oxygen atoms in total. The summed E-state index contributed by atoms with van der Waals surface area (Å²) in [6.07, 6.45) is 5.99. The Morgan fingerprint density at radius 1 is 1.32 bits per heavy atom. The van der Waals surface area contributed by atoms with E-state index in [1.807, 2.05) is 30.6 Å². The molecule has 0 bridgehead atoms. The number of imidazole rings is 1. The maximum atomic E-state index is 5.44. The second-order valence-electron chi connectivity index (χ2n) is 4.38. The van der Waals surface area contributed by atoms with Crippen molar-refractivity contribution in [2.45, 2.75) is 26.3 Å². The second-order valence-corrected chi connectivity index (χ2v) is 4.38. The summed E-state index contributed by atoms with van der Waals surface area (Å²) in [5, 5.41) is 0. The molecule has 1 aromatic carbocycles. The van der Waals surface area contributed by atoms with Gasteiger partial charge in [-0.25, -0.2) is 4.98 Å². The van der Waals surface area contributed by atoms with Crippen molar-refractivity contribution in [3.05, 3.63) is 53.6 Å². The van der Waals surface area contributed by atoms with E-state index in [0.29, 0.717) is 6.54 Å². The molecule has 0 aliphatic rings. The molecule has 0 aliphatic carbocycles. The van der Waals surface area contributed by atoms with E-state index < -0.39 is 0 Å². The van der Waals surface area contributed by atoms with Crippen LogP contribution < -0.4 is 5.73 Å². The van der Waals surface area contributed by atoms with E-state index >= 15 is 0 Å². The average molecular weight is 253 g/mol. The number of aromatic nitrogens is 2. The Morgan fingerprint density at radius 2 is 2.16 bits per heavy atom. The molecule has 0 spiro atoms. The van der Waals surface area contributed by atoms with E-state index in [2.05, 4.69) is 34.4 Å². The van der Waals surface area contributed by atoms with Gasteiger partial charge < -0.3 is 10.3 Å². The summed E-state index contributed by atoms with van der Waals surface area (Å²) in [5.74, 6) is 7.17. The third-order valence-corrected chi connectivity index (χ3v) is 2.96. The summed E-state index contributed by atoms with van der Waals surface area (Å²) in [6, 6.07) is 8.19. The Kier molecular flexibility index (Phi) is 4.77. The lowest BCUT2D eigenvalue weighted by molar-refractivity contribution is 0.704. The van der Waals surface area contributed by atoms with Gasteiger partial charge in [-0.15, -0.1) is 0 Å². The molecule has 0 atom stereocenters. The Balaban J connectivity index is 2.25. The molecule has 3 heteroatoms. The minimum absolute atomic E-state index is 0.389. The van der Waals surface area contributed by atoms with Crippen LogP contribution in [0.2, 0.25) is 0 Å². The highest BCUT2D eigenvalue weighted by atomic mass is 15.1. The standard InChI is InChI=1S/C16H19N3/c1-2-6-16-18-11-12-19(16)13-15-8-4-3-7-14(15)9-5-10-17/h3-4,7-8,11-12H,2,6,10,13,17H2,1H3. The largest absolute Gasteiger partial charge is 0.330 e. The Hall–Kier alpha value is -2.05. The zero-order valence-corrected chi connectivity index (χ0v) is 11.3. The molecule has 2 rings (SSSR count). The molecule has 1 aromatic heterocycles. The molecule has 19 heavy (non-hydrogen) atoms. The van der Waals surface area contributed by atoms with Gasteiger partial charge >= 0.3 is 0 Å². The SMILES string of the molecule is CCCc1nccn1Cc1ccccc1C#CCN. The normalized spacial score (nSPS) is 10.0. The first-order valence-corrected chi connectivity index (χ1v) is 6.62. The number of hydrogen-bond donors (Lipinski definition) is 1. The molecule has 0 unspecified atom stereocenters. The highest BCUT2D eigenvalue weighted by Gasteiger charge is 2.04. The lowest BCUT2D eigenvalue weighted by Gasteiger charge is -2.09. The number of rotatable bonds is 4. The molecular weight excluding hydrogens is 234 g/mol. The van der Waals surface area contributed by atoms with Crippen LogP contribution in [0.3, 0.4) is 0 Å². The van der Waals surface area contributed by atoms with Gasteiger partial charge in [0, 0.05) is 30.9 Å². The summed E-state index contributed by atoms with van der Waals surface area (Å²) < 4.78 is 2.19. The van der Waals surface area contributed by atoms with E-state index in [1.54, 1.807) is 0 Å². The maximum absolute atomic E-state index is 5.44. The molecule has 0 saturated carbocycles. The topological polar surface area (TPSA) is 43.8 Å². The number of nitrogens with two attached hydrogens (primary N) is 1. The molecule has 98 valence electrons. The molecule has 2 aromatic rings. The van der Waals surface area contributed by atoms with Crippen LogP contribution in [0.5, 0.6) is 0 Å². The van der Waals surface area contributed by atoms with Crippen LogP contribution in [0.25, 0.3) is 0 Å². The van der Waals surface area contributed by atoms with Crippen LogP contribution in [0, 0.1) is 11.8 Å². The van der Waals surface area contributed by atoms with E-state index in [-0.39, 0.29) is 0 Å². The van der Waals surface area contributed by atoms with Crippen LogP contribution in [0.4, 0.5) is 0 Å². The van der Waals surface area contributed by atoms with Crippen molar-refractivity contribution in [1.29, 1.82) is 0 Å². The summed E-state index contributed by atoms with van der Waals surface area (Å²) in [7, 11) is 0. The van der Waals surface area contributed by atoms with Gasteiger partial charge in [-0.1, -0.05) is 37.0 Å². The van der Waals surface area contributed by atoms with Crippen LogP contribution in [-0.4, -0.2) is 16.1 Å². The van der Waals surface area contributed by atoms with Crippen molar-refractivity contribution in [2.75, 3.05) is 6.54 Å². The van der Waals surface area contributed by atoms with Gasteiger partial charge in [0.1, 0.15) is 5.82 Å². The van der Waals surface area contributed by atoms with Gasteiger partial charge in [-0.3, -0.25) is 0 Å². The number of hydrogen-bond acceptors (Lipinski definition) is 2. The Bertz CT molecular complexity index is 587. The molecule has 2 N–H and O–H groups in total. The number of aryl methyl sites for hydroxylation is 1. The van der Waals surface area contributed by atoms with Crippen molar-refractivity contribution in [1.82, 2.24) is 9.55 Å². The maximum Gasteiger partial charge on any atom is 0.108 e. The van der Waals surface area contributed by atoms with E-state index in [4.69, 9.17) is 5.73 Å². The van der Waals surface area contributed by atoms with Crippen LogP contribution in [-0.2, 0) is 13.0 Å². The summed E-state index contributed by atoms with van der Waals surface area (Å²) in [5.41, 5.74) is 7.69. The van der Waals surface area contributed by atoms with Gasteiger partial charge in [0.25, 0.3) is 0 Å². The fraction of sp³-hybridized carbons (Fsp3) is 0.312. The van der Waals surface area contributed by atoms with Crippen LogP contribution in [0.1, 0.15) is 30.3 Å². The van der Waals surface area contributed by atoms with Gasteiger partial charge in [0.2, 0.25) is 0 Å². The lowest BCUT2D eigenvalue weighted by Crippen LogP contribution is -2.05. The van der Waals surface area contributed by atoms with Crippen molar-refractivity contribution in [3.63, 3.8) is 0 Å². The quantitative estimate of drug-likeness (QED) is 0.849. The van der Waals surface area contributed by atoms with Gasteiger partial charge in [0.05, 0.1) is 6.54 Å². The van der Waals surface area contributed by atoms with E-state index in [1.165, 1.54) is 5.56 Å². The first-order valence-electron chi connectivity index (χ1n) is 6.62. The predicted octanol–water partition coefficient (Wildman–Crippen LogP) is 2.19. The zero-order valence-electron chi connectivity index (χ0n) is 11.3. The molecule has 0 radical (unpaired) electrons. The summed E-state index contributed by atoms with van der Waals surface area (Å²) in [6.45, 7) is 3.37. The second kappa shape index (κ2) is 6.77. The summed E-state index contributed by atoms with van der Waals surface area (Å²) in [4.78, 5) is 4.40. The number of nitrogens with zero attached hydrogens (tertiary/aromatic N) is 2. The Labute approximate surface area is 114 Å². The minimum Gasteiger partial charge on any atom is -0.330 e. The fourth-order valence-corrected chi connectivity index (χ4v) is 2.05. The van der Waals surface area contributed by atoms with E-state index in [9.17, 15) is 0 Å². The number of benzene rings is 1. The third kappa shape index (κ3) is 3.46. The van der Waals surface area contributed by atoms with Gasteiger partial charge in [-0.05, 0) is 18.1 Å². The highest BCUT2D eigenvalue weighted by Crippen LogP contribution is 2.11. The molecule has 0 fully saturated rings. The van der Waals surface area contributed by atoms with Gasteiger partial charge in [-0.2, -0.15) is 0 Å². The van der Waals surface area contributed by atoms with Crippen molar-refractivity contribution in [3.8, 4) is 11.8 Å². The van der Waals surface area contributed by atoms with E-state index in [0.717, 1.165) is 30.8 Å².